The van der Waals surface area contributed by atoms with Crippen molar-refractivity contribution >= 4 is 27.9 Å². The Kier molecular flexibility index (Phi) is 7.83. The van der Waals surface area contributed by atoms with Crippen molar-refractivity contribution in [1.82, 2.24) is 4.31 Å². The van der Waals surface area contributed by atoms with E-state index in [2.05, 4.69) is 0 Å². The van der Waals surface area contributed by atoms with Crippen LogP contribution in [-0.2, 0) is 29.1 Å². The van der Waals surface area contributed by atoms with Crippen LogP contribution in [0.1, 0.15) is 41.8 Å². The van der Waals surface area contributed by atoms with E-state index in [1.165, 1.54) is 28.6 Å². The molecule has 1 fully saturated rings. The van der Waals surface area contributed by atoms with Crippen LogP contribution >= 0.6 is 0 Å². The van der Waals surface area contributed by atoms with Gasteiger partial charge in [0.05, 0.1) is 23.0 Å². The summed E-state index contributed by atoms with van der Waals surface area (Å²) in [5.74, 6) is -2.43. The third-order valence-corrected chi connectivity index (χ3v) is 7.30. The molecular weight excluding hydrogens is 448 g/mol. The minimum Gasteiger partial charge on any atom is -0.462 e. The van der Waals surface area contributed by atoms with Gasteiger partial charge in [-0.2, -0.15) is 4.31 Å². The zero-order valence-corrected chi connectivity index (χ0v) is 19.0. The first-order valence-electron chi connectivity index (χ1n) is 10.6. The summed E-state index contributed by atoms with van der Waals surface area (Å²) in [5.41, 5.74) is 6.14. The molecule has 10 heteroatoms. The lowest BCUT2D eigenvalue weighted by Crippen LogP contribution is -2.41. The monoisotopic (exact) mass is 474 g/mol. The number of esters is 2. The number of benzene rings is 2. The van der Waals surface area contributed by atoms with Crippen molar-refractivity contribution in [3.8, 4) is 0 Å². The van der Waals surface area contributed by atoms with Gasteiger partial charge >= 0.3 is 11.9 Å². The summed E-state index contributed by atoms with van der Waals surface area (Å²) in [4.78, 5) is 36.2. The van der Waals surface area contributed by atoms with E-state index in [1.54, 1.807) is 37.3 Å². The van der Waals surface area contributed by atoms with E-state index in [1.807, 2.05) is 0 Å². The highest BCUT2D eigenvalue weighted by Gasteiger charge is 2.34. The van der Waals surface area contributed by atoms with Crippen LogP contribution in [0, 0.1) is 5.92 Å². The number of sulfonamides is 1. The number of carbonyl (C=O) groups excluding carboxylic acids is 3. The molecule has 3 rings (SSSR count). The molecule has 1 aliphatic rings. The number of carbonyl (C=O) groups is 3. The van der Waals surface area contributed by atoms with E-state index < -0.39 is 39.9 Å². The van der Waals surface area contributed by atoms with Crippen molar-refractivity contribution in [1.29, 1.82) is 0 Å². The second-order valence-electron chi connectivity index (χ2n) is 7.55. The summed E-state index contributed by atoms with van der Waals surface area (Å²) < 4.78 is 37.5. The fraction of sp³-hybridized carbons (Fsp3) is 0.348. The van der Waals surface area contributed by atoms with Crippen LogP contribution in [0.2, 0.25) is 0 Å². The van der Waals surface area contributed by atoms with Crippen LogP contribution in [0.5, 0.6) is 0 Å². The summed E-state index contributed by atoms with van der Waals surface area (Å²) in [7, 11) is -3.79. The maximum Gasteiger partial charge on any atom is 0.338 e. The van der Waals surface area contributed by atoms with E-state index in [0.29, 0.717) is 5.56 Å². The maximum absolute atomic E-state index is 13.0. The molecule has 2 aromatic carbocycles. The highest BCUT2D eigenvalue weighted by molar-refractivity contribution is 7.89. The van der Waals surface area contributed by atoms with Crippen LogP contribution < -0.4 is 5.73 Å². The summed E-state index contributed by atoms with van der Waals surface area (Å²) in [6.07, 6.45) is -0.697. The van der Waals surface area contributed by atoms with Gasteiger partial charge in [-0.15, -0.1) is 0 Å². The first kappa shape index (κ1) is 24.4. The molecular formula is C23H26N2O7S. The summed E-state index contributed by atoms with van der Waals surface area (Å²) in [6, 6.07) is 14.0. The maximum atomic E-state index is 13.0. The Morgan fingerprint density at radius 2 is 1.64 bits per heavy atom. The molecule has 1 atom stereocenters. The number of primary amides is 1. The van der Waals surface area contributed by atoms with Gasteiger partial charge in [0, 0.05) is 18.7 Å². The van der Waals surface area contributed by atoms with Gasteiger partial charge in [-0.1, -0.05) is 30.3 Å². The highest BCUT2D eigenvalue weighted by atomic mass is 32.2. The van der Waals surface area contributed by atoms with Gasteiger partial charge in [-0.05, 0) is 44.0 Å². The quantitative estimate of drug-likeness (QED) is 0.579. The predicted molar refractivity (Wildman–Crippen MR) is 118 cm³/mol. The van der Waals surface area contributed by atoms with Gasteiger partial charge in [0.25, 0.3) is 5.91 Å². The highest BCUT2D eigenvalue weighted by Crippen LogP contribution is 2.27. The molecule has 1 unspecified atom stereocenters. The molecule has 0 aromatic heterocycles. The lowest BCUT2D eigenvalue weighted by atomic mass is 9.98. The third-order valence-electron chi connectivity index (χ3n) is 5.39. The molecule has 2 N–H and O–H groups in total. The van der Waals surface area contributed by atoms with Crippen LogP contribution in [0.4, 0.5) is 0 Å². The molecule has 0 radical (unpaired) electrons. The first-order valence-corrected chi connectivity index (χ1v) is 12.0. The minimum atomic E-state index is -3.79. The van der Waals surface area contributed by atoms with Crippen molar-refractivity contribution in [3.05, 3.63) is 65.7 Å². The normalized spacial score (nSPS) is 16.0. The zero-order chi connectivity index (χ0) is 24.0. The van der Waals surface area contributed by atoms with Gasteiger partial charge in [0.1, 0.15) is 0 Å². The topological polar surface area (TPSA) is 133 Å². The summed E-state index contributed by atoms with van der Waals surface area (Å²) in [6.45, 7) is 2.15. The second-order valence-corrected chi connectivity index (χ2v) is 9.49. The fourth-order valence-corrected chi connectivity index (χ4v) is 5.06. The Bertz CT molecular complexity index is 1090. The molecule has 1 saturated heterocycles. The van der Waals surface area contributed by atoms with Crippen molar-refractivity contribution in [3.63, 3.8) is 0 Å². The molecule has 0 aliphatic carbocycles. The van der Waals surface area contributed by atoms with Crippen LogP contribution in [0.15, 0.2) is 59.5 Å². The second kappa shape index (κ2) is 10.6. The smallest absolute Gasteiger partial charge is 0.338 e. The number of piperidine rings is 1. The van der Waals surface area contributed by atoms with Crippen molar-refractivity contribution < 1.29 is 32.3 Å². The van der Waals surface area contributed by atoms with E-state index in [-0.39, 0.29) is 43.0 Å². The Labute approximate surface area is 192 Å². The zero-order valence-electron chi connectivity index (χ0n) is 18.2. The largest absolute Gasteiger partial charge is 0.462 e. The average molecular weight is 475 g/mol. The van der Waals surface area contributed by atoms with E-state index >= 15 is 0 Å². The number of hydrogen-bond acceptors (Lipinski definition) is 7. The minimum absolute atomic E-state index is 0.0504. The molecule has 0 bridgehead atoms. The van der Waals surface area contributed by atoms with Gasteiger partial charge in [-0.25, -0.2) is 13.2 Å². The Morgan fingerprint density at radius 3 is 2.18 bits per heavy atom. The Morgan fingerprint density at radius 1 is 1.03 bits per heavy atom. The predicted octanol–water partition coefficient (Wildman–Crippen LogP) is 2.03. The Hall–Kier alpha value is -3.24. The van der Waals surface area contributed by atoms with E-state index in [0.717, 1.165) is 0 Å². The SMILES string of the molecule is CCOC(=O)c1ccc(S(=O)(=O)N2CCC(C(=O)OC(C(N)=O)c3ccccc3)CC2)cc1. The molecule has 2 aromatic rings. The standard InChI is InChI=1S/C23H26N2O7S/c1-2-31-22(27)17-8-10-19(11-9-17)33(29,30)25-14-12-18(13-15-25)23(28)32-20(21(24)26)16-6-4-3-5-7-16/h3-11,18,20H,2,12-15H2,1H3,(H2,24,26). The third kappa shape index (κ3) is 5.77. The van der Waals surface area contributed by atoms with Gasteiger partial charge < -0.3 is 15.2 Å². The molecule has 176 valence electrons. The van der Waals surface area contributed by atoms with Crippen molar-refractivity contribution in [2.24, 2.45) is 11.7 Å². The van der Waals surface area contributed by atoms with E-state index in [4.69, 9.17) is 15.2 Å². The molecule has 33 heavy (non-hydrogen) atoms. The summed E-state index contributed by atoms with van der Waals surface area (Å²) >= 11 is 0. The molecule has 1 aliphatic heterocycles. The number of nitrogens with two attached hydrogens (primary N) is 1. The van der Waals surface area contributed by atoms with Crippen LogP contribution in [0.3, 0.4) is 0 Å². The number of hydrogen-bond donors (Lipinski definition) is 1. The number of rotatable bonds is 8. The molecule has 1 heterocycles. The molecule has 9 nitrogen and oxygen atoms in total. The number of ether oxygens (including phenoxy) is 2. The van der Waals surface area contributed by atoms with Crippen LogP contribution in [0.25, 0.3) is 0 Å². The van der Waals surface area contributed by atoms with Gasteiger partial charge in [0.15, 0.2) is 0 Å². The van der Waals surface area contributed by atoms with Crippen molar-refractivity contribution in [2.45, 2.75) is 30.8 Å². The lowest BCUT2D eigenvalue weighted by molar-refractivity contribution is -0.160. The number of nitrogens with zero attached hydrogens (tertiary/aromatic N) is 1. The van der Waals surface area contributed by atoms with Crippen LogP contribution in [-0.4, -0.2) is 50.3 Å². The molecule has 0 spiro atoms. The molecule has 0 saturated carbocycles. The fourth-order valence-electron chi connectivity index (χ4n) is 3.59. The average Bonchev–Trinajstić information content (AvgIpc) is 2.83. The summed E-state index contributed by atoms with van der Waals surface area (Å²) in [5, 5.41) is 0. The van der Waals surface area contributed by atoms with E-state index in [9.17, 15) is 22.8 Å². The molecule has 1 amide bonds. The lowest BCUT2D eigenvalue weighted by Gasteiger charge is -2.30. The van der Waals surface area contributed by atoms with Crippen molar-refractivity contribution in [2.75, 3.05) is 19.7 Å². The number of amides is 1. The first-order chi connectivity index (χ1) is 15.7. The van der Waals surface area contributed by atoms with Gasteiger partial charge in [0.2, 0.25) is 16.1 Å². The Balaban J connectivity index is 1.62. The van der Waals surface area contributed by atoms with Gasteiger partial charge in [-0.3, -0.25) is 9.59 Å².